The van der Waals surface area contributed by atoms with Crippen molar-refractivity contribution in [2.45, 2.75) is 40.0 Å². The largest absolute Gasteiger partial charge is 0.504 e. The first-order valence-corrected chi connectivity index (χ1v) is 10.5. The average Bonchev–Trinajstić information content (AvgIpc) is 2.97. The fourth-order valence-corrected chi connectivity index (χ4v) is 5.17. The minimum Gasteiger partial charge on any atom is -0.504 e. The van der Waals surface area contributed by atoms with Gasteiger partial charge in [0.15, 0.2) is 11.5 Å². The van der Waals surface area contributed by atoms with Gasteiger partial charge < -0.3 is 9.84 Å². The Labute approximate surface area is 172 Å². The van der Waals surface area contributed by atoms with Crippen LogP contribution >= 0.6 is 27.3 Å². The zero-order valence-corrected chi connectivity index (χ0v) is 18.4. The maximum atomic E-state index is 10.3. The molecule has 0 fully saturated rings. The molecular weight excluding hydrogens is 424 g/mol. The highest BCUT2D eigenvalue weighted by molar-refractivity contribution is 9.10. The zero-order chi connectivity index (χ0) is 19.8. The molecule has 0 unspecified atom stereocenters. The predicted molar refractivity (Wildman–Crippen MR) is 114 cm³/mol. The molecule has 1 atom stereocenters. The van der Waals surface area contributed by atoms with Gasteiger partial charge >= 0.3 is 0 Å². The molecule has 1 N–H and O–H groups in total. The first kappa shape index (κ1) is 19.9. The molecule has 1 aliphatic carbocycles. The van der Waals surface area contributed by atoms with Crippen molar-refractivity contribution in [1.29, 1.82) is 5.26 Å². The standard InChI is InChI=1S/C21H23BrN2O2S/c1-21(2,3)13-5-6-15-16(10-23)20(27-18(15)8-13)24-11-12-7-14(22)9-17(26-4)19(12)25/h7,9,11,13,25H,5-6,8H2,1-4H3/t13-/m0/s1. The number of aromatic hydroxyl groups is 1. The van der Waals surface area contributed by atoms with Gasteiger partial charge in [-0.1, -0.05) is 36.7 Å². The summed E-state index contributed by atoms with van der Waals surface area (Å²) in [5, 5.41) is 20.7. The molecule has 0 bridgehead atoms. The van der Waals surface area contributed by atoms with E-state index in [0.717, 1.165) is 34.3 Å². The van der Waals surface area contributed by atoms with Crippen LogP contribution in [0.5, 0.6) is 11.5 Å². The number of hydrogen-bond acceptors (Lipinski definition) is 5. The lowest BCUT2D eigenvalue weighted by Gasteiger charge is -2.33. The molecule has 1 aromatic carbocycles. The minimum absolute atomic E-state index is 0.0390. The first-order valence-electron chi connectivity index (χ1n) is 8.89. The monoisotopic (exact) mass is 446 g/mol. The number of halogens is 1. The highest BCUT2D eigenvalue weighted by Gasteiger charge is 2.32. The number of benzene rings is 1. The van der Waals surface area contributed by atoms with E-state index in [1.807, 2.05) is 0 Å². The van der Waals surface area contributed by atoms with Crippen molar-refractivity contribution in [3.8, 4) is 17.6 Å². The number of thiophene rings is 1. The minimum atomic E-state index is 0.0390. The van der Waals surface area contributed by atoms with Gasteiger partial charge in [-0.05, 0) is 48.3 Å². The number of phenols is 1. The molecule has 142 valence electrons. The third-order valence-corrected chi connectivity index (χ3v) is 6.81. The summed E-state index contributed by atoms with van der Waals surface area (Å²) < 4.78 is 5.97. The number of nitriles is 1. The quantitative estimate of drug-likeness (QED) is 0.587. The maximum Gasteiger partial charge on any atom is 0.166 e. The average molecular weight is 447 g/mol. The second-order valence-corrected chi connectivity index (χ2v) is 9.90. The summed E-state index contributed by atoms with van der Waals surface area (Å²) in [6.07, 6.45) is 4.64. The van der Waals surface area contributed by atoms with E-state index in [4.69, 9.17) is 4.74 Å². The number of methoxy groups -OCH3 is 1. The summed E-state index contributed by atoms with van der Waals surface area (Å²) in [5.74, 6) is 1.03. The number of rotatable bonds is 3. The van der Waals surface area contributed by atoms with Crippen LogP contribution in [-0.2, 0) is 12.8 Å². The zero-order valence-electron chi connectivity index (χ0n) is 16.0. The molecule has 6 heteroatoms. The SMILES string of the molecule is COc1cc(Br)cc(C=Nc2sc3c(c2C#N)CC[C@H](C(C)(C)C)C3)c1O. The van der Waals surface area contributed by atoms with E-state index in [2.05, 4.69) is 47.8 Å². The summed E-state index contributed by atoms with van der Waals surface area (Å²) >= 11 is 5.01. The summed E-state index contributed by atoms with van der Waals surface area (Å²) in [5.41, 5.74) is 2.65. The lowest BCUT2D eigenvalue weighted by atomic mass is 9.72. The molecule has 0 saturated heterocycles. The smallest absolute Gasteiger partial charge is 0.166 e. The van der Waals surface area contributed by atoms with Crippen LogP contribution in [0, 0.1) is 22.7 Å². The summed E-state index contributed by atoms with van der Waals surface area (Å²) in [4.78, 5) is 5.83. The van der Waals surface area contributed by atoms with Crippen LogP contribution in [-0.4, -0.2) is 18.4 Å². The fourth-order valence-electron chi connectivity index (χ4n) is 3.49. The molecule has 27 heavy (non-hydrogen) atoms. The van der Waals surface area contributed by atoms with Crippen LogP contribution in [0.4, 0.5) is 5.00 Å². The normalized spacial score (nSPS) is 17.0. The maximum absolute atomic E-state index is 10.3. The van der Waals surface area contributed by atoms with Crippen molar-refractivity contribution >= 4 is 38.5 Å². The van der Waals surface area contributed by atoms with Gasteiger partial charge in [-0.2, -0.15) is 5.26 Å². The van der Waals surface area contributed by atoms with Gasteiger partial charge in [0.1, 0.15) is 11.1 Å². The van der Waals surface area contributed by atoms with Crippen LogP contribution < -0.4 is 4.74 Å². The summed E-state index contributed by atoms with van der Waals surface area (Å²) in [6, 6.07) is 5.81. The van der Waals surface area contributed by atoms with Crippen molar-refractivity contribution < 1.29 is 9.84 Å². The predicted octanol–water partition coefficient (Wildman–Crippen LogP) is 6.00. The van der Waals surface area contributed by atoms with Crippen LogP contribution in [0.15, 0.2) is 21.6 Å². The van der Waals surface area contributed by atoms with Crippen molar-refractivity contribution in [3.05, 3.63) is 38.2 Å². The van der Waals surface area contributed by atoms with E-state index in [0.29, 0.717) is 22.8 Å². The Hall–Kier alpha value is -1.84. The highest BCUT2D eigenvalue weighted by atomic mass is 79.9. The molecule has 0 amide bonds. The molecule has 1 heterocycles. The Bertz CT molecular complexity index is 935. The number of fused-ring (bicyclic) bond motifs is 1. The molecule has 0 saturated carbocycles. The molecule has 1 aliphatic rings. The molecule has 2 aromatic rings. The van der Waals surface area contributed by atoms with Crippen LogP contribution in [0.2, 0.25) is 0 Å². The Morgan fingerprint density at radius 2 is 2.15 bits per heavy atom. The van der Waals surface area contributed by atoms with Gasteiger partial charge in [-0.3, -0.25) is 0 Å². The van der Waals surface area contributed by atoms with Crippen LogP contribution in [0.25, 0.3) is 0 Å². The van der Waals surface area contributed by atoms with E-state index >= 15 is 0 Å². The van der Waals surface area contributed by atoms with Gasteiger partial charge in [0.2, 0.25) is 0 Å². The Morgan fingerprint density at radius 3 is 2.78 bits per heavy atom. The van der Waals surface area contributed by atoms with Crippen molar-refractivity contribution in [1.82, 2.24) is 0 Å². The molecule has 4 nitrogen and oxygen atoms in total. The van der Waals surface area contributed by atoms with Crippen molar-refractivity contribution in [2.75, 3.05) is 7.11 Å². The van der Waals surface area contributed by atoms with E-state index in [9.17, 15) is 10.4 Å². The molecule has 0 radical (unpaired) electrons. The first-order chi connectivity index (χ1) is 12.7. The number of phenolic OH excluding ortho intramolecular Hbond substituents is 1. The second-order valence-electron chi connectivity index (χ2n) is 7.91. The van der Waals surface area contributed by atoms with E-state index in [-0.39, 0.29) is 11.2 Å². The number of nitrogens with zero attached hydrogens (tertiary/aromatic N) is 2. The van der Waals surface area contributed by atoms with Crippen LogP contribution in [0.1, 0.15) is 48.8 Å². The third-order valence-electron chi connectivity index (χ3n) is 5.19. The fraction of sp³-hybridized carbons (Fsp3) is 0.429. The molecule has 3 rings (SSSR count). The summed E-state index contributed by atoms with van der Waals surface area (Å²) in [7, 11) is 1.51. The Kier molecular flexibility index (Phi) is 5.64. The second kappa shape index (κ2) is 7.65. The summed E-state index contributed by atoms with van der Waals surface area (Å²) in [6.45, 7) is 6.85. The van der Waals surface area contributed by atoms with E-state index in [1.165, 1.54) is 12.0 Å². The van der Waals surface area contributed by atoms with Gasteiger partial charge in [0.05, 0.1) is 12.7 Å². The third kappa shape index (κ3) is 4.04. The lowest BCUT2D eigenvalue weighted by Crippen LogP contribution is -2.26. The Morgan fingerprint density at radius 1 is 1.41 bits per heavy atom. The molecule has 0 aliphatic heterocycles. The van der Waals surface area contributed by atoms with E-state index in [1.54, 1.807) is 29.7 Å². The number of aliphatic imine (C=N–C) groups is 1. The van der Waals surface area contributed by atoms with Gasteiger partial charge in [-0.25, -0.2) is 4.99 Å². The number of hydrogen-bond donors (Lipinski definition) is 1. The van der Waals surface area contributed by atoms with Gasteiger partial charge in [0.25, 0.3) is 0 Å². The Balaban J connectivity index is 1.96. The van der Waals surface area contributed by atoms with Crippen LogP contribution in [0.3, 0.4) is 0 Å². The van der Waals surface area contributed by atoms with Gasteiger partial charge in [0, 0.05) is 21.1 Å². The lowest BCUT2D eigenvalue weighted by molar-refractivity contribution is 0.218. The van der Waals surface area contributed by atoms with Crippen molar-refractivity contribution in [3.63, 3.8) is 0 Å². The van der Waals surface area contributed by atoms with Gasteiger partial charge in [-0.15, -0.1) is 11.3 Å². The highest BCUT2D eigenvalue weighted by Crippen LogP contribution is 2.45. The molecule has 0 spiro atoms. The number of ether oxygens (including phenoxy) is 1. The van der Waals surface area contributed by atoms with Crippen molar-refractivity contribution in [2.24, 2.45) is 16.3 Å². The molecule has 1 aromatic heterocycles. The molecular formula is C21H23BrN2O2S. The topological polar surface area (TPSA) is 65.6 Å². The van der Waals surface area contributed by atoms with E-state index < -0.39 is 0 Å².